The second-order valence-electron chi connectivity index (χ2n) is 10.9. The Morgan fingerprint density at radius 2 is 1.83 bits per heavy atom. The van der Waals surface area contributed by atoms with Crippen LogP contribution in [0.4, 0.5) is 11.4 Å². The van der Waals surface area contributed by atoms with Crippen LogP contribution in [0.25, 0.3) is 6.08 Å². The van der Waals surface area contributed by atoms with Crippen LogP contribution in [0.5, 0.6) is 11.5 Å². The Hall–Kier alpha value is -4.98. The van der Waals surface area contributed by atoms with Crippen LogP contribution in [-0.4, -0.2) is 61.4 Å². The van der Waals surface area contributed by atoms with Crippen molar-refractivity contribution in [3.8, 4) is 11.5 Å². The van der Waals surface area contributed by atoms with Gasteiger partial charge < -0.3 is 23.8 Å². The number of hydrogen-bond acceptors (Lipinski definition) is 12. The molecular weight excluding hydrogens is 628 g/mol. The fourth-order valence-electron chi connectivity index (χ4n) is 5.72. The average molecular weight is 665 g/mol. The first kappa shape index (κ1) is 33.4. The molecule has 1 saturated heterocycles. The van der Waals surface area contributed by atoms with Crippen LogP contribution in [0.2, 0.25) is 0 Å². The van der Waals surface area contributed by atoms with Gasteiger partial charge in [0.25, 0.3) is 11.2 Å². The highest BCUT2D eigenvalue weighted by Gasteiger charge is 2.34. The average Bonchev–Trinajstić information content (AvgIpc) is 3.37. The number of esters is 2. The van der Waals surface area contributed by atoms with Crippen molar-refractivity contribution in [3.63, 3.8) is 0 Å². The van der Waals surface area contributed by atoms with Gasteiger partial charge in [0.1, 0.15) is 0 Å². The molecular formula is C33H36N4O9S. The second-order valence-corrected chi connectivity index (χ2v) is 11.9. The fourth-order valence-corrected chi connectivity index (χ4v) is 6.76. The first-order chi connectivity index (χ1) is 22.7. The van der Waals surface area contributed by atoms with Crippen molar-refractivity contribution in [2.75, 3.05) is 44.9 Å². The number of ether oxygens (including phenoxy) is 4. The van der Waals surface area contributed by atoms with Crippen molar-refractivity contribution in [2.24, 2.45) is 4.99 Å². The zero-order valence-corrected chi connectivity index (χ0v) is 27.5. The number of nitro benzene ring substituents is 1. The molecule has 0 amide bonds. The molecule has 0 spiro atoms. The molecule has 13 nitrogen and oxygen atoms in total. The lowest BCUT2D eigenvalue weighted by atomic mass is 9.95. The molecule has 0 aliphatic carbocycles. The highest BCUT2D eigenvalue weighted by molar-refractivity contribution is 7.07. The van der Waals surface area contributed by atoms with E-state index in [9.17, 15) is 24.5 Å². The first-order valence-electron chi connectivity index (χ1n) is 15.4. The van der Waals surface area contributed by atoms with Crippen LogP contribution in [0.15, 0.2) is 57.5 Å². The van der Waals surface area contributed by atoms with Crippen LogP contribution < -0.4 is 29.3 Å². The van der Waals surface area contributed by atoms with Gasteiger partial charge in [-0.05, 0) is 69.9 Å². The number of allylic oxidation sites excluding steroid dienone is 1. The van der Waals surface area contributed by atoms with Gasteiger partial charge in [-0.3, -0.25) is 19.5 Å². The van der Waals surface area contributed by atoms with E-state index in [4.69, 9.17) is 14.2 Å². The van der Waals surface area contributed by atoms with Crippen LogP contribution in [0, 0.1) is 10.1 Å². The molecule has 14 heteroatoms. The Morgan fingerprint density at radius 1 is 1.06 bits per heavy atom. The van der Waals surface area contributed by atoms with Gasteiger partial charge in [-0.1, -0.05) is 17.4 Å². The number of non-ortho nitro benzene ring substituents is 1. The molecule has 1 aromatic heterocycles. The maximum atomic E-state index is 14.3. The monoisotopic (exact) mass is 664 g/mol. The van der Waals surface area contributed by atoms with E-state index in [2.05, 4.69) is 14.6 Å². The van der Waals surface area contributed by atoms with Crippen molar-refractivity contribution in [1.82, 2.24) is 4.57 Å². The summed E-state index contributed by atoms with van der Waals surface area (Å²) in [5.41, 5.74) is 1.94. The standard InChI is InChI=1S/C33H36N4O9S/c1-5-44-26-17-21(10-13-25(26)46-19-28(38)43-4)30-29(32(40)45-6-2)20(3)34-33-36(30)31(39)27(47-33)18-22-16-23(37(41)42)11-12-24(22)35-14-8-7-9-15-35/h10-13,16-18,30H,5-9,14-15,19H2,1-4H3/b27-18-/t30-/m1/s1. The molecule has 0 bridgehead atoms. The highest BCUT2D eigenvalue weighted by Crippen LogP contribution is 2.36. The lowest BCUT2D eigenvalue weighted by Crippen LogP contribution is -2.40. The number of fused-ring (bicyclic) bond motifs is 1. The first-order valence-corrected chi connectivity index (χ1v) is 16.2. The molecule has 2 aromatic carbocycles. The molecule has 47 heavy (non-hydrogen) atoms. The maximum Gasteiger partial charge on any atom is 0.343 e. The number of piperidine rings is 1. The van der Waals surface area contributed by atoms with Gasteiger partial charge in [0.15, 0.2) is 22.9 Å². The summed E-state index contributed by atoms with van der Waals surface area (Å²) in [7, 11) is 1.26. The summed E-state index contributed by atoms with van der Waals surface area (Å²) in [5, 5.41) is 11.7. The van der Waals surface area contributed by atoms with E-state index < -0.39 is 28.5 Å². The summed E-state index contributed by atoms with van der Waals surface area (Å²) in [5.74, 6) is -0.610. The number of anilines is 1. The maximum absolute atomic E-state index is 14.3. The lowest BCUT2D eigenvalue weighted by molar-refractivity contribution is -0.384. The number of rotatable bonds is 11. The fraction of sp³-hybridized carbons (Fsp3) is 0.394. The van der Waals surface area contributed by atoms with E-state index >= 15 is 0 Å². The second kappa shape index (κ2) is 14.6. The van der Waals surface area contributed by atoms with E-state index in [1.54, 1.807) is 51.1 Å². The third-order valence-electron chi connectivity index (χ3n) is 7.88. The summed E-state index contributed by atoms with van der Waals surface area (Å²) in [6, 6.07) is 8.70. The number of nitro groups is 1. The molecule has 1 atom stereocenters. The Morgan fingerprint density at radius 3 is 2.51 bits per heavy atom. The molecule has 0 saturated carbocycles. The molecule has 0 unspecified atom stereocenters. The number of methoxy groups -OCH3 is 1. The molecule has 2 aliphatic rings. The molecule has 3 heterocycles. The predicted octanol–water partition coefficient (Wildman–Crippen LogP) is 3.65. The molecule has 0 radical (unpaired) electrons. The number of carbonyl (C=O) groups is 2. The Labute approximate surface area is 274 Å². The summed E-state index contributed by atoms with van der Waals surface area (Å²) in [6.07, 6.45) is 4.79. The van der Waals surface area contributed by atoms with Gasteiger partial charge in [0.2, 0.25) is 0 Å². The Kier molecular flexibility index (Phi) is 10.4. The number of nitrogens with zero attached hydrogens (tertiary/aromatic N) is 4. The number of thiazole rings is 1. The van der Waals surface area contributed by atoms with Gasteiger partial charge in [-0.2, -0.15) is 0 Å². The zero-order chi connectivity index (χ0) is 33.7. The summed E-state index contributed by atoms with van der Waals surface area (Å²) in [6.45, 7) is 6.84. The van der Waals surface area contributed by atoms with Crippen LogP contribution in [-0.2, 0) is 19.1 Å². The quantitative estimate of drug-likeness (QED) is 0.169. The molecule has 248 valence electrons. The SMILES string of the molecule is CCOC(=O)C1=C(C)N=c2s/c(=C\c3cc([N+](=O)[O-])ccc3N3CCCCC3)c(=O)n2[C@@H]1c1ccc(OCC(=O)OC)c(OCC)c1. The van der Waals surface area contributed by atoms with Gasteiger partial charge >= 0.3 is 11.9 Å². The normalized spacial score (nSPS) is 16.3. The smallest absolute Gasteiger partial charge is 0.343 e. The largest absolute Gasteiger partial charge is 0.490 e. The minimum atomic E-state index is -0.937. The summed E-state index contributed by atoms with van der Waals surface area (Å²) < 4.78 is 23.3. The van der Waals surface area contributed by atoms with E-state index in [1.165, 1.54) is 23.8 Å². The number of hydrogen-bond donors (Lipinski definition) is 0. The Balaban J connectivity index is 1.69. The van der Waals surface area contributed by atoms with Gasteiger partial charge in [0.05, 0.1) is 47.1 Å². The van der Waals surface area contributed by atoms with Gasteiger partial charge in [0, 0.05) is 36.5 Å². The highest BCUT2D eigenvalue weighted by atomic mass is 32.1. The summed E-state index contributed by atoms with van der Waals surface area (Å²) >= 11 is 1.13. The van der Waals surface area contributed by atoms with Crippen LogP contribution in [0.1, 0.15) is 57.2 Å². The lowest BCUT2D eigenvalue weighted by Gasteiger charge is -2.30. The van der Waals surface area contributed by atoms with E-state index in [-0.39, 0.29) is 36.8 Å². The molecule has 2 aliphatic heterocycles. The Bertz CT molecular complexity index is 1910. The minimum Gasteiger partial charge on any atom is -0.490 e. The minimum absolute atomic E-state index is 0.0823. The predicted molar refractivity (Wildman–Crippen MR) is 175 cm³/mol. The number of aromatic nitrogens is 1. The van der Waals surface area contributed by atoms with Crippen molar-refractivity contribution in [1.29, 1.82) is 0 Å². The third kappa shape index (κ3) is 7.07. The van der Waals surface area contributed by atoms with Crippen LogP contribution in [0.3, 0.4) is 0 Å². The molecule has 1 fully saturated rings. The van der Waals surface area contributed by atoms with Crippen LogP contribution >= 0.6 is 11.3 Å². The van der Waals surface area contributed by atoms with Gasteiger partial charge in [-0.15, -0.1) is 0 Å². The van der Waals surface area contributed by atoms with E-state index in [0.717, 1.165) is 49.4 Å². The topological polar surface area (TPSA) is 152 Å². The molecule has 5 rings (SSSR count). The van der Waals surface area contributed by atoms with E-state index in [1.807, 2.05) is 0 Å². The summed E-state index contributed by atoms with van der Waals surface area (Å²) in [4.78, 5) is 57.8. The van der Waals surface area contributed by atoms with Crippen molar-refractivity contribution in [3.05, 3.63) is 88.6 Å². The van der Waals surface area contributed by atoms with Crippen molar-refractivity contribution < 1.29 is 33.5 Å². The zero-order valence-electron chi connectivity index (χ0n) is 26.6. The molecule has 0 N–H and O–H groups in total. The van der Waals surface area contributed by atoms with Crippen molar-refractivity contribution >= 4 is 40.7 Å². The van der Waals surface area contributed by atoms with Crippen molar-refractivity contribution in [2.45, 2.75) is 46.1 Å². The van der Waals surface area contributed by atoms with Gasteiger partial charge in [-0.25, -0.2) is 14.6 Å². The third-order valence-corrected chi connectivity index (χ3v) is 8.86. The number of carbonyl (C=O) groups excluding carboxylic acids is 2. The molecule has 3 aromatic rings. The van der Waals surface area contributed by atoms with E-state index in [0.29, 0.717) is 31.9 Å². The number of benzene rings is 2.